The average molecular weight is 424 g/mol. The van der Waals surface area contributed by atoms with Gasteiger partial charge in [-0.1, -0.05) is 36.4 Å². The van der Waals surface area contributed by atoms with Gasteiger partial charge in [-0.3, -0.25) is 0 Å². The lowest BCUT2D eigenvalue weighted by Gasteiger charge is -2.30. The van der Waals surface area contributed by atoms with Crippen molar-refractivity contribution in [3.63, 3.8) is 0 Å². The zero-order valence-corrected chi connectivity index (χ0v) is 17.4. The quantitative estimate of drug-likeness (QED) is 0.559. The van der Waals surface area contributed by atoms with Gasteiger partial charge in [-0.05, 0) is 54.6 Å². The average Bonchev–Trinajstić information content (AvgIpc) is 2.78. The summed E-state index contributed by atoms with van der Waals surface area (Å²) in [7, 11) is 2.03. The van der Waals surface area contributed by atoms with Crippen LogP contribution < -0.4 is 10.1 Å². The molecule has 0 saturated heterocycles. The molecule has 1 unspecified atom stereocenters. The van der Waals surface area contributed by atoms with Gasteiger partial charge in [0.2, 0.25) is 0 Å². The summed E-state index contributed by atoms with van der Waals surface area (Å²) in [4.78, 5) is 2.16. The van der Waals surface area contributed by atoms with Gasteiger partial charge in [0.15, 0.2) is 0 Å². The number of hydrogen-bond donors (Lipinski definition) is 1. The standard InChI is InChI=1S/C25H26F2N2O2/c1-29(17-22-16-28-23-4-2-3-5-24(23)31-22)14-15-30-25(18-6-10-20(26)11-7-18)19-8-12-21(27)13-9-19/h2-13,22,25,28H,14-17H2,1H3. The Bertz CT molecular complexity index is 934. The van der Waals surface area contributed by atoms with E-state index in [1.54, 1.807) is 24.3 Å². The summed E-state index contributed by atoms with van der Waals surface area (Å²) < 4.78 is 39.0. The van der Waals surface area contributed by atoms with E-state index in [4.69, 9.17) is 9.47 Å². The van der Waals surface area contributed by atoms with Crippen LogP contribution >= 0.6 is 0 Å². The third kappa shape index (κ3) is 5.60. The number of nitrogens with one attached hydrogen (secondary N) is 1. The predicted molar refractivity (Wildman–Crippen MR) is 117 cm³/mol. The van der Waals surface area contributed by atoms with Crippen molar-refractivity contribution in [3.8, 4) is 5.75 Å². The van der Waals surface area contributed by atoms with E-state index < -0.39 is 6.10 Å². The predicted octanol–water partition coefficient (Wildman–Crippen LogP) is 4.88. The van der Waals surface area contributed by atoms with Crippen molar-refractivity contribution in [1.82, 2.24) is 4.90 Å². The van der Waals surface area contributed by atoms with Crippen LogP contribution in [0.3, 0.4) is 0 Å². The van der Waals surface area contributed by atoms with Gasteiger partial charge in [0.1, 0.15) is 29.6 Å². The lowest BCUT2D eigenvalue weighted by atomic mass is 10.0. The maximum atomic E-state index is 13.4. The number of ether oxygens (including phenoxy) is 2. The number of likely N-dealkylation sites (N-methyl/N-ethyl adjacent to an activating group) is 1. The second kappa shape index (κ2) is 9.90. The van der Waals surface area contributed by atoms with E-state index in [2.05, 4.69) is 10.2 Å². The van der Waals surface area contributed by atoms with Gasteiger partial charge in [-0.25, -0.2) is 8.78 Å². The van der Waals surface area contributed by atoms with E-state index in [0.29, 0.717) is 13.2 Å². The molecule has 0 fully saturated rings. The Morgan fingerprint density at radius 1 is 0.968 bits per heavy atom. The molecule has 1 atom stereocenters. The number of halogens is 2. The normalized spacial score (nSPS) is 15.5. The zero-order valence-electron chi connectivity index (χ0n) is 17.4. The molecule has 0 aliphatic carbocycles. The van der Waals surface area contributed by atoms with Gasteiger partial charge < -0.3 is 19.7 Å². The molecule has 0 radical (unpaired) electrons. The molecule has 31 heavy (non-hydrogen) atoms. The van der Waals surface area contributed by atoms with Crippen LogP contribution in [0.1, 0.15) is 17.2 Å². The maximum absolute atomic E-state index is 13.4. The minimum atomic E-state index is -0.394. The Hall–Kier alpha value is -2.96. The van der Waals surface area contributed by atoms with Crippen LogP contribution in [-0.4, -0.2) is 44.3 Å². The van der Waals surface area contributed by atoms with Gasteiger partial charge in [0, 0.05) is 13.1 Å². The second-order valence-corrected chi connectivity index (χ2v) is 7.73. The molecule has 4 nitrogen and oxygen atoms in total. The summed E-state index contributed by atoms with van der Waals surface area (Å²) in [6, 6.07) is 20.4. The summed E-state index contributed by atoms with van der Waals surface area (Å²) in [5.74, 6) is 0.268. The van der Waals surface area contributed by atoms with E-state index in [1.165, 1.54) is 24.3 Å². The van der Waals surface area contributed by atoms with Crippen molar-refractivity contribution in [2.45, 2.75) is 12.2 Å². The van der Waals surface area contributed by atoms with Gasteiger partial charge >= 0.3 is 0 Å². The van der Waals surface area contributed by atoms with Crippen LogP contribution in [0, 0.1) is 11.6 Å². The number of rotatable bonds is 8. The smallest absolute Gasteiger partial charge is 0.142 e. The van der Waals surface area contributed by atoms with E-state index in [1.807, 2.05) is 31.3 Å². The molecule has 0 saturated carbocycles. The van der Waals surface area contributed by atoms with Gasteiger partial charge in [0.05, 0.1) is 18.8 Å². The van der Waals surface area contributed by atoms with Crippen molar-refractivity contribution in [3.05, 3.63) is 95.6 Å². The van der Waals surface area contributed by atoms with Crippen LogP contribution in [0.15, 0.2) is 72.8 Å². The molecular formula is C25H26F2N2O2. The molecule has 1 heterocycles. The maximum Gasteiger partial charge on any atom is 0.142 e. The van der Waals surface area contributed by atoms with Crippen LogP contribution in [0.5, 0.6) is 5.75 Å². The van der Waals surface area contributed by atoms with E-state index >= 15 is 0 Å². The topological polar surface area (TPSA) is 33.7 Å². The highest BCUT2D eigenvalue weighted by molar-refractivity contribution is 5.57. The lowest BCUT2D eigenvalue weighted by Crippen LogP contribution is -2.41. The number of fused-ring (bicyclic) bond motifs is 1. The molecular weight excluding hydrogens is 398 g/mol. The number of anilines is 1. The SMILES string of the molecule is CN(CCOC(c1ccc(F)cc1)c1ccc(F)cc1)CC1CNc2ccccc2O1. The third-order valence-electron chi connectivity index (χ3n) is 5.32. The molecule has 0 aromatic heterocycles. The zero-order chi connectivity index (χ0) is 21.6. The highest BCUT2D eigenvalue weighted by Gasteiger charge is 2.21. The highest BCUT2D eigenvalue weighted by Crippen LogP contribution is 2.29. The first-order chi connectivity index (χ1) is 15.1. The summed E-state index contributed by atoms with van der Waals surface area (Å²) in [5, 5.41) is 3.40. The van der Waals surface area contributed by atoms with Crippen molar-refractivity contribution < 1.29 is 18.3 Å². The fourth-order valence-electron chi connectivity index (χ4n) is 3.69. The van der Waals surface area contributed by atoms with Crippen LogP contribution in [-0.2, 0) is 4.74 Å². The van der Waals surface area contributed by atoms with Crippen molar-refractivity contribution >= 4 is 5.69 Å². The lowest BCUT2D eigenvalue weighted by molar-refractivity contribution is 0.0562. The Morgan fingerprint density at radius 3 is 2.23 bits per heavy atom. The Balaban J connectivity index is 1.34. The van der Waals surface area contributed by atoms with Crippen LogP contribution in [0.25, 0.3) is 0 Å². The van der Waals surface area contributed by atoms with Crippen molar-refractivity contribution in [2.75, 3.05) is 38.6 Å². The molecule has 1 aliphatic rings. The summed E-state index contributed by atoms with van der Waals surface area (Å²) in [6.07, 6.45) is -0.348. The first-order valence-corrected chi connectivity index (χ1v) is 10.4. The largest absolute Gasteiger partial charge is 0.485 e. The second-order valence-electron chi connectivity index (χ2n) is 7.73. The Labute approximate surface area is 181 Å². The fraction of sp³-hybridized carbons (Fsp3) is 0.280. The van der Waals surface area contributed by atoms with E-state index in [-0.39, 0.29) is 17.7 Å². The van der Waals surface area contributed by atoms with Gasteiger partial charge in [0.25, 0.3) is 0 Å². The number of nitrogens with zero attached hydrogens (tertiary/aromatic N) is 1. The van der Waals surface area contributed by atoms with E-state index in [9.17, 15) is 8.78 Å². The minimum Gasteiger partial charge on any atom is -0.485 e. The molecule has 1 aliphatic heterocycles. The molecule has 0 amide bonds. The first-order valence-electron chi connectivity index (χ1n) is 10.4. The summed E-state index contributed by atoms with van der Waals surface area (Å²) in [5.41, 5.74) is 2.67. The molecule has 0 spiro atoms. The Morgan fingerprint density at radius 2 is 1.58 bits per heavy atom. The molecule has 3 aromatic rings. The number of para-hydroxylation sites is 2. The van der Waals surface area contributed by atoms with Gasteiger partial charge in [-0.15, -0.1) is 0 Å². The van der Waals surface area contributed by atoms with E-state index in [0.717, 1.165) is 35.7 Å². The molecule has 6 heteroatoms. The van der Waals surface area contributed by atoms with Crippen molar-refractivity contribution in [2.24, 2.45) is 0 Å². The number of benzene rings is 3. The molecule has 4 rings (SSSR count). The summed E-state index contributed by atoms with van der Waals surface area (Å²) in [6.45, 7) is 2.66. The Kier molecular flexibility index (Phi) is 6.79. The van der Waals surface area contributed by atoms with Crippen LogP contribution in [0.4, 0.5) is 14.5 Å². The molecule has 162 valence electrons. The monoisotopic (exact) mass is 424 g/mol. The number of hydrogen-bond acceptors (Lipinski definition) is 4. The minimum absolute atomic E-state index is 0.0462. The molecule has 1 N–H and O–H groups in total. The first kappa shape index (κ1) is 21.3. The van der Waals surface area contributed by atoms with Crippen molar-refractivity contribution in [1.29, 1.82) is 0 Å². The molecule has 3 aromatic carbocycles. The third-order valence-corrected chi connectivity index (χ3v) is 5.32. The fourth-order valence-corrected chi connectivity index (χ4v) is 3.69. The highest BCUT2D eigenvalue weighted by atomic mass is 19.1. The van der Waals surface area contributed by atoms with Gasteiger partial charge in [-0.2, -0.15) is 0 Å². The van der Waals surface area contributed by atoms with Crippen LogP contribution in [0.2, 0.25) is 0 Å². The summed E-state index contributed by atoms with van der Waals surface area (Å²) >= 11 is 0. The molecule has 0 bridgehead atoms.